The Kier molecular flexibility index (Phi) is 5.28. The van der Waals surface area contributed by atoms with Gasteiger partial charge in [-0.2, -0.15) is 0 Å². The number of nitrogens with zero attached hydrogens (tertiary/aromatic N) is 3. The quantitative estimate of drug-likeness (QED) is 0.694. The molecule has 0 radical (unpaired) electrons. The molecule has 0 aliphatic heterocycles. The fraction of sp³-hybridized carbons (Fsp3) is 0.273. The van der Waals surface area contributed by atoms with Gasteiger partial charge in [0.2, 0.25) is 0 Å². The molecular weight excluding hydrogens is 350 g/mol. The first kappa shape index (κ1) is 18.1. The highest BCUT2D eigenvalue weighted by Gasteiger charge is 2.19. The predicted octanol–water partition coefficient (Wildman–Crippen LogP) is 3.04. The molecule has 1 amide bonds. The summed E-state index contributed by atoms with van der Waals surface area (Å²) in [6.07, 6.45) is 7.47. The van der Waals surface area contributed by atoms with E-state index in [1.165, 1.54) is 5.56 Å². The van der Waals surface area contributed by atoms with E-state index in [-0.39, 0.29) is 5.91 Å². The Morgan fingerprint density at radius 1 is 1.11 bits per heavy atom. The Labute approximate surface area is 164 Å². The number of hydrogen-bond acceptors (Lipinski definition) is 5. The van der Waals surface area contributed by atoms with Gasteiger partial charge in [0.05, 0.1) is 0 Å². The van der Waals surface area contributed by atoms with Gasteiger partial charge in [-0.05, 0) is 55.5 Å². The highest BCUT2D eigenvalue weighted by molar-refractivity contribution is 5.94. The largest absolute Gasteiger partial charge is 0.369 e. The molecule has 0 spiro atoms. The van der Waals surface area contributed by atoms with Gasteiger partial charge in [0.1, 0.15) is 5.82 Å². The number of fused-ring (bicyclic) bond motifs is 1. The van der Waals surface area contributed by atoms with E-state index in [2.05, 4.69) is 15.6 Å². The molecule has 0 saturated heterocycles. The zero-order valence-corrected chi connectivity index (χ0v) is 15.9. The molecule has 142 valence electrons. The number of pyridine rings is 1. The second kappa shape index (κ2) is 8.17. The van der Waals surface area contributed by atoms with E-state index >= 15 is 0 Å². The first-order chi connectivity index (χ1) is 13.7. The minimum absolute atomic E-state index is 0.0644. The molecule has 28 heavy (non-hydrogen) atoms. The number of carbonyl (C=O) groups is 1. The van der Waals surface area contributed by atoms with Crippen molar-refractivity contribution >= 4 is 11.7 Å². The second-order valence-corrected chi connectivity index (χ2v) is 6.87. The number of aryl methyl sites for hydroxylation is 1. The fourth-order valence-electron chi connectivity index (χ4n) is 3.55. The number of rotatable bonds is 6. The fourth-order valence-corrected chi connectivity index (χ4v) is 3.55. The molecular formula is C22H23N5O. The van der Waals surface area contributed by atoms with Crippen molar-refractivity contribution in [2.24, 2.45) is 0 Å². The van der Waals surface area contributed by atoms with Crippen LogP contribution in [0.3, 0.4) is 0 Å². The van der Waals surface area contributed by atoms with Crippen molar-refractivity contribution in [2.75, 3.05) is 18.9 Å². The smallest absolute Gasteiger partial charge is 0.251 e. The third kappa shape index (κ3) is 3.86. The van der Waals surface area contributed by atoms with Crippen molar-refractivity contribution in [1.82, 2.24) is 20.3 Å². The van der Waals surface area contributed by atoms with Crippen LogP contribution in [0.5, 0.6) is 0 Å². The molecule has 0 unspecified atom stereocenters. The first-order valence-electron chi connectivity index (χ1n) is 9.59. The van der Waals surface area contributed by atoms with Crippen molar-refractivity contribution < 1.29 is 4.79 Å². The van der Waals surface area contributed by atoms with E-state index < -0.39 is 0 Å². The Morgan fingerprint density at radius 3 is 2.79 bits per heavy atom. The van der Waals surface area contributed by atoms with Gasteiger partial charge < -0.3 is 10.6 Å². The van der Waals surface area contributed by atoms with Crippen LogP contribution in [0.2, 0.25) is 0 Å². The van der Waals surface area contributed by atoms with Gasteiger partial charge >= 0.3 is 0 Å². The standard InChI is InChI=1S/C22H23N5O/c1-23-22(28)17-5-2-4-15(14-17)8-13-25-21-18-6-3-7-19(18)26-20(27-21)16-9-11-24-12-10-16/h2,4-5,9-12,14H,3,6-8,13H2,1H3,(H,23,28)(H,25,26,27). The summed E-state index contributed by atoms with van der Waals surface area (Å²) in [5, 5.41) is 6.16. The van der Waals surface area contributed by atoms with Crippen LogP contribution in [0, 0.1) is 0 Å². The highest BCUT2D eigenvalue weighted by atomic mass is 16.1. The van der Waals surface area contributed by atoms with Crippen LogP contribution in [-0.2, 0) is 19.3 Å². The Morgan fingerprint density at radius 2 is 1.96 bits per heavy atom. The number of hydrogen-bond donors (Lipinski definition) is 2. The van der Waals surface area contributed by atoms with Crippen molar-refractivity contribution in [3.8, 4) is 11.4 Å². The summed E-state index contributed by atoms with van der Waals surface area (Å²) in [6.45, 7) is 0.746. The minimum atomic E-state index is -0.0644. The zero-order valence-electron chi connectivity index (χ0n) is 15.9. The summed E-state index contributed by atoms with van der Waals surface area (Å²) in [5.41, 5.74) is 5.16. The number of nitrogens with one attached hydrogen (secondary N) is 2. The summed E-state index contributed by atoms with van der Waals surface area (Å²) < 4.78 is 0. The summed E-state index contributed by atoms with van der Waals surface area (Å²) >= 11 is 0. The Bertz CT molecular complexity index is 987. The monoisotopic (exact) mass is 373 g/mol. The SMILES string of the molecule is CNC(=O)c1cccc(CCNc2nc(-c3ccncc3)nc3c2CCC3)c1. The van der Waals surface area contributed by atoms with E-state index in [4.69, 9.17) is 9.97 Å². The van der Waals surface area contributed by atoms with Crippen LogP contribution in [-0.4, -0.2) is 34.5 Å². The summed E-state index contributed by atoms with van der Waals surface area (Å²) in [4.78, 5) is 25.4. The van der Waals surface area contributed by atoms with Crippen LogP contribution < -0.4 is 10.6 Å². The average molecular weight is 373 g/mol. The summed E-state index contributed by atoms with van der Waals surface area (Å²) in [7, 11) is 1.65. The van der Waals surface area contributed by atoms with E-state index in [0.29, 0.717) is 5.56 Å². The number of aromatic nitrogens is 3. The predicted molar refractivity (Wildman–Crippen MR) is 109 cm³/mol. The van der Waals surface area contributed by atoms with Crippen LogP contribution in [0.4, 0.5) is 5.82 Å². The molecule has 0 fully saturated rings. The number of carbonyl (C=O) groups excluding carboxylic acids is 1. The third-order valence-electron chi connectivity index (χ3n) is 4.99. The number of benzene rings is 1. The van der Waals surface area contributed by atoms with Gasteiger partial charge in [0, 0.05) is 48.4 Å². The lowest BCUT2D eigenvalue weighted by Gasteiger charge is -2.12. The van der Waals surface area contributed by atoms with Crippen molar-refractivity contribution in [3.05, 3.63) is 71.2 Å². The van der Waals surface area contributed by atoms with E-state index in [1.54, 1.807) is 19.4 Å². The maximum atomic E-state index is 11.8. The maximum Gasteiger partial charge on any atom is 0.251 e. The van der Waals surface area contributed by atoms with Gasteiger partial charge in [-0.25, -0.2) is 9.97 Å². The van der Waals surface area contributed by atoms with E-state index in [1.807, 2.05) is 36.4 Å². The van der Waals surface area contributed by atoms with Gasteiger partial charge in [-0.1, -0.05) is 12.1 Å². The lowest BCUT2D eigenvalue weighted by molar-refractivity contribution is 0.0963. The van der Waals surface area contributed by atoms with E-state index in [9.17, 15) is 4.79 Å². The zero-order chi connectivity index (χ0) is 19.3. The molecule has 3 aromatic rings. The topological polar surface area (TPSA) is 79.8 Å². The molecule has 2 N–H and O–H groups in total. The molecule has 0 atom stereocenters. The lowest BCUT2D eigenvalue weighted by atomic mass is 10.1. The van der Waals surface area contributed by atoms with Crippen LogP contribution in [0.1, 0.15) is 33.6 Å². The Hall–Kier alpha value is -3.28. The van der Waals surface area contributed by atoms with Gasteiger partial charge in [-0.3, -0.25) is 9.78 Å². The van der Waals surface area contributed by atoms with Crippen LogP contribution in [0.15, 0.2) is 48.8 Å². The average Bonchev–Trinajstić information content (AvgIpc) is 3.23. The maximum absolute atomic E-state index is 11.8. The molecule has 2 aromatic heterocycles. The second-order valence-electron chi connectivity index (χ2n) is 6.87. The normalized spacial score (nSPS) is 12.5. The highest BCUT2D eigenvalue weighted by Crippen LogP contribution is 2.29. The number of amides is 1. The summed E-state index contributed by atoms with van der Waals surface area (Å²) in [5.74, 6) is 1.61. The molecule has 1 aromatic carbocycles. The third-order valence-corrected chi connectivity index (χ3v) is 4.99. The molecule has 6 nitrogen and oxygen atoms in total. The van der Waals surface area contributed by atoms with Gasteiger partial charge in [-0.15, -0.1) is 0 Å². The first-order valence-corrected chi connectivity index (χ1v) is 9.59. The molecule has 1 aliphatic rings. The van der Waals surface area contributed by atoms with E-state index in [0.717, 1.165) is 60.7 Å². The Balaban J connectivity index is 1.51. The molecule has 0 saturated carbocycles. The van der Waals surface area contributed by atoms with Crippen LogP contribution in [0.25, 0.3) is 11.4 Å². The molecule has 1 aliphatic carbocycles. The van der Waals surface area contributed by atoms with Crippen molar-refractivity contribution in [1.29, 1.82) is 0 Å². The minimum Gasteiger partial charge on any atom is -0.369 e. The number of anilines is 1. The van der Waals surface area contributed by atoms with Crippen LogP contribution >= 0.6 is 0 Å². The van der Waals surface area contributed by atoms with Gasteiger partial charge in [0.25, 0.3) is 5.91 Å². The van der Waals surface area contributed by atoms with Crippen molar-refractivity contribution in [2.45, 2.75) is 25.7 Å². The lowest BCUT2D eigenvalue weighted by Crippen LogP contribution is -2.18. The molecule has 2 heterocycles. The van der Waals surface area contributed by atoms with Gasteiger partial charge in [0.15, 0.2) is 5.82 Å². The summed E-state index contributed by atoms with van der Waals surface area (Å²) in [6, 6.07) is 11.6. The molecule has 0 bridgehead atoms. The molecule has 6 heteroatoms. The van der Waals surface area contributed by atoms with Crippen molar-refractivity contribution in [3.63, 3.8) is 0 Å². The molecule has 4 rings (SSSR count).